The van der Waals surface area contributed by atoms with Gasteiger partial charge < -0.3 is 5.21 Å². The third-order valence-electron chi connectivity index (χ3n) is 2.32. The molecule has 0 aliphatic heterocycles. The summed E-state index contributed by atoms with van der Waals surface area (Å²) in [6.07, 6.45) is -3.58. The average molecular weight is 239 g/mol. The summed E-state index contributed by atoms with van der Waals surface area (Å²) in [5, 5.41) is 11.4. The molecule has 1 aromatic carbocycles. The van der Waals surface area contributed by atoms with E-state index in [2.05, 4.69) is 0 Å². The van der Waals surface area contributed by atoms with Crippen LogP contribution in [-0.2, 0) is 6.18 Å². The van der Waals surface area contributed by atoms with Crippen LogP contribution >= 0.6 is 0 Å². The molecule has 0 unspecified atom stereocenters. The maximum absolute atomic E-state index is 12.5. The van der Waals surface area contributed by atoms with Crippen LogP contribution in [0.2, 0.25) is 0 Å². The molecule has 0 amide bonds. The van der Waals surface area contributed by atoms with Gasteiger partial charge in [0.25, 0.3) is 0 Å². The van der Waals surface area contributed by atoms with Crippen molar-refractivity contribution >= 4 is 0 Å². The largest absolute Gasteiger partial charge is 0.618 e. The molecule has 17 heavy (non-hydrogen) atoms. The minimum absolute atomic E-state index is 0.0135. The Hall–Kier alpha value is -2.04. The maximum atomic E-state index is 12.5. The first-order valence-corrected chi connectivity index (χ1v) is 4.84. The van der Waals surface area contributed by atoms with Crippen molar-refractivity contribution in [1.82, 2.24) is 0 Å². The first-order valence-electron chi connectivity index (χ1n) is 4.84. The average Bonchev–Trinajstić information content (AvgIpc) is 2.29. The highest BCUT2D eigenvalue weighted by atomic mass is 19.4. The predicted molar refractivity (Wildman–Crippen MR) is 55.8 cm³/mol. The Morgan fingerprint density at radius 1 is 1.00 bits per heavy atom. The molecule has 0 fully saturated rings. The first kappa shape index (κ1) is 11.4. The standard InChI is InChI=1S/C12H8F3NO/c13-12(14,15)10-6-7-16(17)11(8-10)9-4-2-1-3-5-9/h1-8H. The van der Waals surface area contributed by atoms with Crippen molar-refractivity contribution in [3.63, 3.8) is 0 Å². The van der Waals surface area contributed by atoms with Crippen molar-refractivity contribution in [1.29, 1.82) is 0 Å². The van der Waals surface area contributed by atoms with E-state index >= 15 is 0 Å². The fourth-order valence-corrected chi connectivity index (χ4v) is 1.48. The van der Waals surface area contributed by atoms with E-state index in [0.717, 1.165) is 18.3 Å². The summed E-state index contributed by atoms with van der Waals surface area (Å²) < 4.78 is 37.9. The van der Waals surface area contributed by atoms with Gasteiger partial charge in [-0.25, -0.2) is 0 Å². The number of nitrogens with zero attached hydrogens (tertiary/aromatic N) is 1. The SMILES string of the molecule is [O-][n+]1ccc(C(F)(F)F)cc1-c1ccccc1. The van der Waals surface area contributed by atoms with Crippen molar-refractivity contribution < 1.29 is 17.9 Å². The highest BCUT2D eigenvalue weighted by Crippen LogP contribution is 2.30. The van der Waals surface area contributed by atoms with E-state index in [1.165, 1.54) is 0 Å². The van der Waals surface area contributed by atoms with Crippen LogP contribution in [-0.4, -0.2) is 0 Å². The zero-order valence-corrected chi connectivity index (χ0v) is 8.61. The van der Waals surface area contributed by atoms with E-state index in [1.807, 2.05) is 0 Å². The van der Waals surface area contributed by atoms with Gasteiger partial charge in [-0.1, -0.05) is 18.2 Å². The summed E-state index contributed by atoms with van der Waals surface area (Å²) in [5.74, 6) is 0. The summed E-state index contributed by atoms with van der Waals surface area (Å²) in [7, 11) is 0. The Bertz CT molecular complexity index is 523. The summed E-state index contributed by atoms with van der Waals surface area (Å²) in [4.78, 5) is 0. The van der Waals surface area contributed by atoms with Crippen LogP contribution in [0.5, 0.6) is 0 Å². The number of benzene rings is 1. The van der Waals surface area contributed by atoms with E-state index in [0.29, 0.717) is 10.3 Å². The van der Waals surface area contributed by atoms with Gasteiger partial charge in [-0.3, -0.25) is 0 Å². The number of aromatic nitrogens is 1. The van der Waals surface area contributed by atoms with Crippen LogP contribution in [0.25, 0.3) is 11.3 Å². The summed E-state index contributed by atoms with van der Waals surface area (Å²) in [6.45, 7) is 0. The molecule has 0 bridgehead atoms. The quantitative estimate of drug-likeness (QED) is 0.555. The van der Waals surface area contributed by atoms with Gasteiger partial charge in [-0.05, 0) is 12.1 Å². The third-order valence-corrected chi connectivity index (χ3v) is 2.32. The van der Waals surface area contributed by atoms with Gasteiger partial charge in [0.1, 0.15) is 0 Å². The van der Waals surface area contributed by atoms with Gasteiger partial charge in [-0.2, -0.15) is 17.9 Å². The Balaban J connectivity index is 2.55. The third kappa shape index (κ3) is 2.38. The van der Waals surface area contributed by atoms with Crippen LogP contribution < -0.4 is 4.73 Å². The molecule has 2 nitrogen and oxygen atoms in total. The lowest BCUT2D eigenvalue weighted by Crippen LogP contribution is -2.29. The lowest BCUT2D eigenvalue weighted by Gasteiger charge is -2.09. The van der Waals surface area contributed by atoms with Gasteiger partial charge in [0.15, 0.2) is 6.20 Å². The Kier molecular flexibility index (Phi) is 2.75. The first-order chi connectivity index (χ1) is 7.98. The second kappa shape index (κ2) is 4.08. The van der Waals surface area contributed by atoms with E-state index in [-0.39, 0.29) is 5.69 Å². The molecule has 1 heterocycles. The molecule has 0 atom stereocenters. The van der Waals surface area contributed by atoms with Gasteiger partial charge in [0.05, 0.1) is 5.56 Å². The second-order valence-electron chi connectivity index (χ2n) is 3.49. The summed E-state index contributed by atoms with van der Waals surface area (Å²) in [6, 6.07) is 9.84. The lowest BCUT2D eigenvalue weighted by atomic mass is 10.1. The zero-order chi connectivity index (χ0) is 12.5. The molecule has 0 N–H and O–H groups in total. The van der Waals surface area contributed by atoms with Gasteiger partial charge >= 0.3 is 6.18 Å². The van der Waals surface area contributed by atoms with Gasteiger partial charge in [0, 0.05) is 17.7 Å². The molecule has 0 radical (unpaired) electrons. The summed E-state index contributed by atoms with van der Waals surface area (Å²) in [5.41, 5.74) is -0.391. The molecule has 1 aromatic heterocycles. The summed E-state index contributed by atoms with van der Waals surface area (Å²) >= 11 is 0. The van der Waals surface area contributed by atoms with E-state index in [4.69, 9.17) is 0 Å². The molecule has 0 spiro atoms. The second-order valence-corrected chi connectivity index (χ2v) is 3.49. The molecule has 5 heteroatoms. The predicted octanol–water partition coefficient (Wildman–Crippen LogP) is 3.01. The zero-order valence-electron chi connectivity index (χ0n) is 8.61. The van der Waals surface area contributed by atoms with Crippen molar-refractivity contribution in [2.75, 3.05) is 0 Å². The Labute approximate surface area is 95.5 Å². The van der Waals surface area contributed by atoms with Crippen LogP contribution in [0.1, 0.15) is 5.56 Å². The Morgan fingerprint density at radius 3 is 2.24 bits per heavy atom. The number of hydrogen-bond acceptors (Lipinski definition) is 1. The molecular formula is C12H8F3NO. The van der Waals surface area contributed by atoms with E-state index in [1.54, 1.807) is 30.3 Å². The number of alkyl halides is 3. The monoisotopic (exact) mass is 239 g/mol. The van der Waals surface area contributed by atoms with Crippen molar-refractivity contribution in [3.05, 3.63) is 59.4 Å². The van der Waals surface area contributed by atoms with E-state index in [9.17, 15) is 18.4 Å². The lowest BCUT2D eigenvalue weighted by molar-refractivity contribution is -0.593. The molecule has 88 valence electrons. The fourth-order valence-electron chi connectivity index (χ4n) is 1.48. The molecule has 2 aromatic rings. The fraction of sp³-hybridized carbons (Fsp3) is 0.0833. The Morgan fingerprint density at radius 2 is 1.65 bits per heavy atom. The normalized spacial score (nSPS) is 11.5. The van der Waals surface area contributed by atoms with Crippen molar-refractivity contribution in [3.8, 4) is 11.3 Å². The van der Waals surface area contributed by atoms with E-state index < -0.39 is 11.7 Å². The van der Waals surface area contributed by atoms with Crippen molar-refractivity contribution in [2.45, 2.75) is 6.18 Å². The molecule has 0 aliphatic rings. The molecule has 2 rings (SSSR count). The van der Waals surface area contributed by atoms with Crippen molar-refractivity contribution in [2.24, 2.45) is 0 Å². The topological polar surface area (TPSA) is 26.9 Å². The highest BCUT2D eigenvalue weighted by Gasteiger charge is 2.32. The highest BCUT2D eigenvalue weighted by molar-refractivity contribution is 5.56. The molecule has 0 saturated heterocycles. The molecule has 0 aliphatic carbocycles. The van der Waals surface area contributed by atoms with Crippen LogP contribution in [0.3, 0.4) is 0 Å². The van der Waals surface area contributed by atoms with Crippen LogP contribution in [0.4, 0.5) is 13.2 Å². The van der Waals surface area contributed by atoms with Gasteiger partial charge in [0.2, 0.25) is 5.69 Å². The number of halogens is 3. The molecular weight excluding hydrogens is 231 g/mol. The molecule has 0 saturated carbocycles. The maximum Gasteiger partial charge on any atom is 0.416 e. The van der Waals surface area contributed by atoms with Gasteiger partial charge in [-0.15, -0.1) is 0 Å². The number of hydrogen-bond donors (Lipinski definition) is 0. The van der Waals surface area contributed by atoms with Crippen LogP contribution in [0.15, 0.2) is 48.7 Å². The smallest absolute Gasteiger partial charge is 0.416 e. The minimum atomic E-state index is -4.45. The minimum Gasteiger partial charge on any atom is -0.618 e. The number of rotatable bonds is 1. The van der Waals surface area contributed by atoms with Crippen LogP contribution in [0, 0.1) is 5.21 Å². The number of pyridine rings is 1.